The molecular weight excluding hydrogens is 325 g/mol. The Hall–Kier alpha value is -3.09. The molecule has 3 N–H and O–H groups in total. The summed E-state index contributed by atoms with van der Waals surface area (Å²) in [7, 11) is 0. The first-order valence-corrected chi connectivity index (χ1v) is 7.75. The number of carbonyl (C=O) groups excluding carboxylic acids is 2. The highest BCUT2D eigenvalue weighted by molar-refractivity contribution is 5.90. The molecule has 132 valence electrons. The molecule has 2 aromatic rings. The van der Waals surface area contributed by atoms with Gasteiger partial charge < -0.3 is 20.7 Å². The Kier molecular flexibility index (Phi) is 6.33. The molecule has 6 nitrogen and oxygen atoms in total. The van der Waals surface area contributed by atoms with Crippen LogP contribution in [0.15, 0.2) is 42.5 Å². The van der Waals surface area contributed by atoms with E-state index >= 15 is 0 Å². The molecule has 0 fully saturated rings. The van der Waals surface area contributed by atoms with Crippen molar-refractivity contribution in [2.45, 2.75) is 13.8 Å². The first kappa shape index (κ1) is 18.3. The van der Waals surface area contributed by atoms with Crippen LogP contribution in [-0.4, -0.2) is 25.1 Å². The normalized spacial score (nSPS) is 10.0. The van der Waals surface area contributed by atoms with Crippen molar-refractivity contribution in [3.05, 3.63) is 53.8 Å². The predicted molar refractivity (Wildman–Crippen MR) is 94.4 cm³/mol. The second-order valence-corrected chi connectivity index (χ2v) is 5.40. The molecule has 25 heavy (non-hydrogen) atoms. The summed E-state index contributed by atoms with van der Waals surface area (Å²) in [6.45, 7) is 3.72. The van der Waals surface area contributed by atoms with Crippen LogP contribution in [0.5, 0.6) is 5.75 Å². The quantitative estimate of drug-likeness (QED) is 0.703. The Morgan fingerprint density at radius 2 is 1.92 bits per heavy atom. The van der Waals surface area contributed by atoms with Crippen LogP contribution in [0.3, 0.4) is 0 Å². The number of hydrogen-bond donors (Lipinski definition) is 3. The molecule has 3 amide bonds. The molecule has 0 spiro atoms. The van der Waals surface area contributed by atoms with Crippen molar-refractivity contribution in [3.8, 4) is 5.75 Å². The lowest BCUT2D eigenvalue weighted by atomic mass is 10.2. The number of urea groups is 1. The van der Waals surface area contributed by atoms with Crippen LogP contribution in [-0.2, 0) is 4.79 Å². The summed E-state index contributed by atoms with van der Waals surface area (Å²) in [6, 6.07) is 10.7. The summed E-state index contributed by atoms with van der Waals surface area (Å²) >= 11 is 0. The van der Waals surface area contributed by atoms with Gasteiger partial charge in [0.1, 0.15) is 18.2 Å². The van der Waals surface area contributed by atoms with Crippen molar-refractivity contribution in [2.75, 3.05) is 23.8 Å². The molecule has 0 bridgehead atoms. The van der Waals surface area contributed by atoms with Gasteiger partial charge >= 0.3 is 6.03 Å². The Labute approximate surface area is 145 Å². The fourth-order valence-corrected chi connectivity index (χ4v) is 2.10. The van der Waals surface area contributed by atoms with E-state index in [1.54, 1.807) is 37.3 Å². The number of hydrogen-bond acceptors (Lipinski definition) is 3. The van der Waals surface area contributed by atoms with Crippen molar-refractivity contribution >= 4 is 23.3 Å². The third-order valence-electron chi connectivity index (χ3n) is 3.26. The number of carbonyl (C=O) groups is 2. The highest BCUT2D eigenvalue weighted by Crippen LogP contribution is 2.17. The van der Waals surface area contributed by atoms with Crippen molar-refractivity contribution < 1.29 is 18.7 Å². The predicted octanol–water partition coefficient (Wildman–Crippen LogP) is 3.29. The number of anilines is 2. The number of ether oxygens (including phenoxy) is 1. The fraction of sp³-hybridized carbons (Fsp3) is 0.222. The van der Waals surface area contributed by atoms with Gasteiger partial charge in [-0.3, -0.25) is 4.79 Å². The molecule has 0 saturated heterocycles. The Bertz CT molecular complexity index is 765. The molecule has 7 heteroatoms. The van der Waals surface area contributed by atoms with E-state index in [-0.39, 0.29) is 19.1 Å². The summed E-state index contributed by atoms with van der Waals surface area (Å²) in [6.07, 6.45) is 0. The lowest BCUT2D eigenvalue weighted by Crippen LogP contribution is -2.32. The standard InChI is InChI=1S/C18H20FN3O3/c1-12-6-7-14(19)10-17(12)22-18(24)20-8-9-25-16-5-3-4-15(11-16)21-13(2)23/h3-7,10-11H,8-9H2,1-2H3,(H,21,23)(H2,20,22,24). The zero-order valence-electron chi connectivity index (χ0n) is 14.1. The lowest BCUT2D eigenvalue weighted by molar-refractivity contribution is -0.114. The van der Waals surface area contributed by atoms with Crippen LogP contribution in [0.25, 0.3) is 0 Å². The van der Waals surface area contributed by atoms with Gasteiger partial charge in [0, 0.05) is 24.4 Å². The molecule has 2 rings (SSSR count). The maximum Gasteiger partial charge on any atom is 0.319 e. The second-order valence-electron chi connectivity index (χ2n) is 5.40. The smallest absolute Gasteiger partial charge is 0.319 e. The van der Waals surface area contributed by atoms with Crippen molar-refractivity contribution in [1.82, 2.24) is 5.32 Å². The molecule has 0 saturated carbocycles. The van der Waals surface area contributed by atoms with E-state index < -0.39 is 11.8 Å². The maximum atomic E-state index is 13.2. The fourth-order valence-electron chi connectivity index (χ4n) is 2.10. The van der Waals surface area contributed by atoms with Gasteiger partial charge in [0.25, 0.3) is 0 Å². The third kappa shape index (κ3) is 6.14. The first-order chi connectivity index (χ1) is 11.9. The van der Waals surface area contributed by atoms with Crippen LogP contribution in [0.4, 0.5) is 20.6 Å². The largest absolute Gasteiger partial charge is 0.492 e. The van der Waals surface area contributed by atoms with Crippen molar-refractivity contribution in [2.24, 2.45) is 0 Å². The molecule has 0 aliphatic heterocycles. The van der Waals surface area contributed by atoms with Gasteiger partial charge in [-0.15, -0.1) is 0 Å². The van der Waals surface area contributed by atoms with E-state index in [0.717, 1.165) is 5.56 Å². The lowest BCUT2D eigenvalue weighted by Gasteiger charge is -2.11. The minimum atomic E-state index is -0.440. The zero-order valence-corrected chi connectivity index (χ0v) is 14.1. The molecule has 0 heterocycles. The van der Waals surface area contributed by atoms with Crippen LogP contribution in [0.2, 0.25) is 0 Å². The molecule has 0 aromatic heterocycles. The molecule has 0 aliphatic rings. The van der Waals surface area contributed by atoms with Gasteiger partial charge in [-0.25, -0.2) is 9.18 Å². The van der Waals surface area contributed by atoms with E-state index in [0.29, 0.717) is 17.1 Å². The van der Waals surface area contributed by atoms with Crippen LogP contribution >= 0.6 is 0 Å². The van der Waals surface area contributed by atoms with Gasteiger partial charge in [-0.2, -0.15) is 0 Å². The number of halogens is 1. The summed E-state index contributed by atoms with van der Waals surface area (Å²) in [5.74, 6) is 0.000786. The average molecular weight is 345 g/mol. The number of benzene rings is 2. The highest BCUT2D eigenvalue weighted by Gasteiger charge is 2.05. The van der Waals surface area contributed by atoms with Gasteiger partial charge in [0.2, 0.25) is 5.91 Å². The average Bonchev–Trinajstić information content (AvgIpc) is 2.55. The number of rotatable bonds is 6. The summed E-state index contributed by atoms with van der Waals surface area (Å²) in [5.41, 5.74) is 1.82. The number of nitrogens with one attached hydrogen (secondary N) is 3. The molecule has 0 radical (unpaired) electrons. The topological polar surface area (TPSA) is 79.5 Å². The highest BCUT2D eigenvalue weighted by atomic mass is 19.1. The third-order valence-corrected chi connectivity index (χ3v) is 3.26. The van der Waals surface area contributed by atoms with E-state index in [2.05, 4.69) is 16.0 Å². The van der Waals surface area contributed by atoms with Gasteiger partial charge in [-0.1, -0.05) is 12.1 Å². The molecule has 2 aromatic carbocycles. The molecule has 0 unspecified atom stereocenters. The number of aryl methyl sites for hydroxylation is 1. The van der Waals surface area contributed by atoms with E-state index in [4.69, 9.17) is 4.74 Å². The number of amides is 3. The van der Waals surface area contributed by atoms with Crippen LogP contribution in [0, 0.1) is 12.7 Å². The van der Waals surface area contributed by atoms with Gasteiger partial charge in [-0.05, 0) is 36.8 Å². The summed E-state index contributed by atoms with van der Waals surface area (Å²) in [4.78, 5) is 22.8. The maximum absolute atomic E-state index is 13.2. The second kappa shape index (κ2) is 8.68. The summed E-state index contributed by atoms with van der Waals surface area (Å²) < 4.78 is 18.7. The van der Waals surface area contributed by atoms with Gasteiger partial charge in [0.15, 0.2) is 0 Å². The molecule has 0 atom stereocenters. The Morgan fingerprint density at radius 3 is 2.68 bits per heavy atom. The summed E-state index contributed by atoms with van der Waals surface area (Å²) in [5, 5.41) is 7.88. The minimum Gasteiger partial charge on any atom is -0.492 e. The molecule has 0 aliphatic carbocycles. The van der Waals surface area contributed by atoms with E-state index in [1.807, 2.05) is 0 Å². The van der Waals surface area contributed by atoms with Crippen molar-refractivity contribution in [3.63, 3.8) is 0 Å². The van der Waals surface area contributed by atoms with E-state index in [9.17, 15) is 14.0 Å². The van der Waals surface area contributed by atoms with Gasteiger partial charge in [0.05, 0.1) is 6.54 Å². The Balaban J connectivity index is 1.76. The van der Waals surface area contributed by atoms with Crippen LogP contribution in [0.1, 0.15) is 12.5 Å². The van der Waals surface area contributed by atoms with Crippen molar-refractivity contribution in [1.29, 1.82) is 0 Å². The monoisotopic (exact) mass is 345 g/mol. The Morgan fingerprint density at radius 1 is 1.12 bits per heavy atom. The molecular formula is C18H20FN3O3. The minimum absolute atomic E-state index is 0.164. The zero-order chi connectivity index (χ0) is 18.2. The first-order valence-electron chi connectivity index (χ1n) is 7.75. The SMILES string of the molecule is CC(=O)Nc1cccc(OCCNC(=O)Nc2cc(F)ccc2C)c1. The van der Waals surface area contributed by atoms with Crippen LogP contribution < -0.4 is 20.7 Å². The van der Waals surface area contributed by atoms with E-state index in [1.165, 1.54) is 19.1 Å².